The normalized spacial score (nSPS) is 31.8. The third kappa shape index (κ3) is 1.74. The third-order valence-electron chi connectivity index (χ3n) is 3.74. The first kappa shape index (κ1) is 12.5. The van der Waals surface area contributed by atoms with E-state index in [0.717, 1.165) is 0 Å². The van der Waals surface area contributed by atoms with Gasteiger partial charge in [-0.2, -0.15) is 4.99 Å². The molecule has 0 aliphatic carbocycles. The molecule has 0 spiro atoms. The lowest BCUT2D eigenvalue weighted by molar-refractivity contribution is -0.0137. The van der Waals surface area contributed by atoms with Crippen LogP contribution in [0.4, 0.5) is 0 Å². The van der Waals surface area contributed by atoms with Crippen LogP contribution < -0.4 is 16.7 Å². The summed E-state index contributed by atoms with van der Waals surface area (Å²) in [5, 5.41) is 32.5. The number of hydrogen-bond acceptors (Lipinski definition) is 9. The van der Waals surface area contributed by atoms with Crippen molar-refractivity contribution in [3.63, 3.8) is 0 Å². The van der Waals surface area contributed by atoms with Crippen LogP contribution in [0, 0.1) is 0 Å². The van der Waals surface area contributed by atoms with Crippen LogP contribution >= 0.6 is 0 Å². The highest BCUT2D eigenvalue weighted by molar-refractivity contribution is 5.81. The maximum atomic E-state index is 9.91. The highest BCUT2D eigenvalue weighted by Crippen LogP contribution is 2.35. The molecule has 9 nitrogen and oxygen atoms in total. The molecule has 19 heavy (non-hydrogen) atoms. The van der Waals surface area contributed by atoms with Crippen LogP contribution in [0.5, 0.6) is 0 Å². The lowest BCUT2D eigenvalue weighted by Gasteiger charge is -2.35. The fourth-order valence-corrected chi connectivity index (χ4v) is 2.70. The van der Waals surface area contributed by atoms with E-state index in [1.165, 1.54) is 0 Å². The highest BCUT2D eigenvalue weighted by Gasteiger charge is 2.53. The van der Waals surface area contributed by atoms with Gasteiger partial charge in [-0.25, -0.2) is 15.6 Å². The molecule has 0 aromatic carbocycles. The molecule has 2 unspecified atom stereocenters. The molecule has 4 atom stereocenters. The molecular weight excluding hydrogens is 252 g/mol. The van der Waals surface area contributed by atoms with Gasteiger partial charge in [-0.1, -0.05) is 6.92 Å². The molecule has 2 fully saturated rings. The topological polar surface area (TPSA) is 130 Å². The van der Waals surface area contributed by atoms with Crippen molar-refractivity contribution >= 4 is 5.96 Å². The molecular formula is C10H18N6O3. The van der Waals surface area contributed by atoms with Crippen molar-refractivity contribution in [2.24, 2.45) is 10.7 Å². The van der Waals surface area contributed by atoms with Gasteiger partial charge in [-0.15, -0.1) is 5.53 Å². The van der Waals surface area contributed by atoms with Crippen molar-refractivity contribution in [2.45, 2.75) is 44.1 Å². The van der Waals surface area contributed by atoms with Gasteiger partial charge in [0.15, 0.2) is 0 Å². The Labute approximate surface area is 109 Å². The number of rotatable bonds is 4. The van der Waals surface area contributed by atoms with Crippen molar-refractivity contribution in [3.8, 4) is 0 Å². The first-order chi connectivity index (χ1) is 9.02. The van der Waals surface area contributed by atoms with Crippen LogP contribution in [0.1, 0.15) is 19.8 Å². The lowest BCUT2D eigenvalue weighted by atomic mass is 9.97. The zero-order valence-corrected chi connectivity index (χ0v) is 10.5. The van der Waals surface area contributed by atoms with Crippen LogP contribution in [0.25, 0.3) is 0 Å². The molecule has 0 saturated carbocycles. The molecule has 2 saturated heterocycles. The minimum Gasteiger partial charge on any atom is -0.492 e. The fraction of sp³-hybridized carbons (Fsp3) is 0.700. The zero-order chi connectivity index (χ0) is 13.7. The number of aliphatic imine (C=N–C) groups is 1. The van der Waals surface area contributed by atoms with Gasteiger partial charge in [-0.3, -0.25) is 0 Å². The average molecular weight is 270 g/mol. The number of hydrazine groups is 3. The van der Waals surface area contributed by atoms with Crippen molar-refractivity contribution in [1.29, 1.82) is 0 Å². The zero-order valence-electron chi connectivity index (χ0n) is 10.5. The first-order valence-electron chi connectivity index (χ1n) is 6.28. The number of nitrogens with zero attached hydrogens (tertiary/aromatic N) is 3. The van der Waals surface area contributed by atoms with Crippen molar-refractivity contribution in [1.82, 2.24) is 21.1 Å². The van der Waals surface area contributed by atoms with Gasteiger partial charge in [0.05, 0.1) is 18.2 Å². The quantitative estimate of drug-likeness (QED) is 0.341. The number of nitrogens with one attached hydrogen (secondary N) is 2. The summed E-state index contributed by atoms with van der Waals surface area (Å²) in [4.78, 5) is 3.81. The van der Waals surface area contributed by atoms with Crippen LogP contribution in [0.2, 0.25) is 0 Å². The summed E-state index contributed by atoms with van der Waals surface area (Å²) in [6, 6.07) is -0.403. The Morgan fingerprint density at radius 2 is 2.16 bits per heavy atom. The second kappa shape index (κ2) is 4.23. The van der Waals surface area contributed by atoms with Gasteiger partial charge in [0, 0.05) is 0 Å². The summed E-state index contributed by atoms with van der Waals surface area (Å²) in [6.45, 7) is 1.81. The van der Waals surface area contributed by atoms with E-state index in [1.54, 1.807) is 10.1 Å². The highest BCUT2D eigenvalue weighted by atomic mass is 16.3. The molecule has 0 amide bonds. The van der Waals surface area contributed by atoms with E-state index in [2.05, 4.69) is 16.0 Å². The van der Waals surface area contributed by atoms with E-state index in [0.29, 0.717) is 18.5 Å². The molecule has 3 aliphatic heterocycles. The predicted octanol–water partition coefficient (Wildman–Crippen LogP) is -2.14. The smallest absolute Gasteiger partial charge is 0.239 e. The fourth-order valence-electron chi connectivity index (χ4n) is 2.70. The van der Waals surface area contributed by atoms with E-state index in [9.17, 15) is 15.3 Å². The largest absolute Gasteiger partial charge is 0.492 e. The van der Waals surface area contributed by atoms with Crippen LogP contribution in [-0.4, -0.2) is 55.7 Å². The van der Waals surface area contributed by atoms with Gasteiger partial charge in [0.25, 0.3) is 0 Å². The van der Waals surface area contributed by atoms with Crippen LogP contribution in [0.15, 0.2) is 16.6 Å². The van der Waals surface area contributed by atoms with E-state index >= 15 is 0 Å². The second-order valence-corrected chi connectivity index (χ2v) is 4.94. The Kier molecular flexibility index (Phi) is 2.78. The van der Waals surface area contributed by atoms with Gasteiger partial charge in [0.1, 0.15) is 11.7 Å². The van der Waals surface area contributed by atoms with Gasteiger partial charge >= 0.3 is 0 Å². The van der Waals surface area contributed by atoms with E-state index in [4.69, 9.17) is 5.73 Å². The summed E-state index contributed by atoms with van der Waals surface area (Å²) in [5.41, 5.74) is 12.3. The first-order valence-corrected chi connectivity index (χ1v) is 6.28. The standard InChI is InChI=1S/C10H18N6O3/c1-2-5(17)6(18)3-4-7-8-9(19)12-10(11)15(7)14-16(8)13-4/h4-7,13-14,17-19H,2-3H2,1H3,(H2,11,12)/t4?,5-,6+,7?/m1/s1. The molecule has 0 aromatic rings. The molecule has 0 radical (unpaired) electrons. The lowest BCUT2D eigenvalue weighted by Crippen LogP contribution is -2.63. The average Bonchev–Trinajstić information content (AvgIpc) is 2.88. The van der Waals surface area contributed by atoms with E-state index in [-0.39, 0.29) is 23.9 Å². The van der Waals surface area contributed by atoms with Gasteiger partial charge < -0.3 is 21.1 Å². The number of guanidine groups is 1. The molecule has 3 heterocycles. The Morgan fingerprint density at radius 1 is 1.42 bits per heavy atom. The van der Waals surface area contributed by atoms with E-state index < -0.39 is 12.2 Å². The summed E-state index contributed by atoms with van der Waals surface area (Å²) < 4.78 is 0. The number of aliphatic hydroxyl groups is 3. The summed E-state index contributed by atoms with van der Waals surface area (Å²) in [6.07, 6.45) is -0.751. The van der Waals surface area contributed by atoms with Crippen LogP contribution in [0.3, 0.4) is 0 Å². The predicted molar refractivity (Wildman–Crippen MR) is 65.7 cm³/mol. The molecule has 3 aliphatic rings. The number of nitrogens with two attached hydrogens (primary N) is 1. The molecule has 4 bridgehead atoms. The monoisotopic (exact) mass is 270 g/mol. The molecule has 3 rings (SSSR count). The van der Waals surface area contributed by atoms with Crippen molar-refractivity contribution < 1.29 is 15.3 Å². The van der Waals surface area contributed by atoms with Crippen molar-refractivity contribution in [2.75, 3.05) is 0 Å². The second-order valence-electron chi connectivity index (χ2n) is 4.94. The van der Waals surface area contributed by atoms with Gasteiger partial charge in [0.2, 0.25) is 11.8 Å². The maximum absolute atomic E-state index is 9.91. The van der Waals surface area contributed by atoms with E-state index in [1.807, 2.05) is 6.92 Å². The van der Waals surface area contributed by atoms with Gasteiger partial charge in [-0.05, 0) is 12.8 Å². The minimum absolute atomic E-state index is 0.135. The Balaban J connectivity index is 1.77. The molecule has 9 heteroatoms. The maximum Gasteiger partial charge on any atom is 0.239 e. The van der Waals surface area contributed by atoms with Crippen molar-refractivity contribution in [3.05, 3.63) is 11.6 Å². The number of hydrogen-bond donors (Lipinski definition) is 6. The SMILES string of the molecule is CC[C@@H](O)[C@@H](O)CC1NN2NN3C(N)=NC(O)=C2C13. The minimum atomic E-state index is -0.828. The molecule has 7 N–H and O–H groups in total. The Bertz CT molecular complexity index is 453. The Hall–Kier alpha value is -1.55. The summed E-state index contributed by atoms with van der Waals surface area (Å²) in [7, 11) is 0. The molecule has 106 valence electrons. The third-order valence-corrected chi connectivity index (χ3v) is 3.74. The number of aliphatic hydroxyl groups excluding tert-OH is 3. The Morgan fingerprint density at radius 3 is 2.84 bits per heavy atom. The summed E-state index contributed by atoms with van der Waals surface area (Å²) >= 11 is 0. The molecule has 0 aromatic heterocycles. The summed E-state index contributed by atoms with van der Waals surface area (Å²) in [5.74, 6) is 0.0371. The van der Waals surface area contributed by atoms with Crippen LogP contribution in [-0.2, 0) is 0 Å².